The van der Waals surface area contributed by atoms with E-state index in [1.807, 2.05) is 18.2 Å². The quantitative estimate of drug-likeness (QED) is 0.599. The fourth-order valence-electron chi connectivity index (χ4n) is 2.18. The first-order chi connectivity index (χ1) is 10.0. The Morgan fingerprint density at radius 3 is 2.67 bits per heavy atom. The first-order valence-electron chi connectivity index (χ1n) is 6.66. The molecule has 112 valence electrons. The van der Waals surface area contributed by atoms with Gasteiger partial charge in [0.1, 0.15) is 5.82 Å². The summed E-state index contributed by atoms with van der Waals surface area (Å²) >= 11 is 13.2. The van der Waals surface area contributed by atoms with E-state index < -0.39 is 0 Å². The van der Waals surface area contributed by atoms with Crippen LogP contribution in [0.25, 0.3) is 0 Å². The number of halogens is 4. The molecule has 0 radical (unpaired) electrons. The zero-order valence-corrected chi connectivity index (χ0v) is 15.4. The third-order valence-electron chi connectivity index (χ3n) is 3.16. The second-order valence-corrected chi connectivity index (χ2v) is 6.87. The predicted octanol–water partition coefficient (Wildman–Crippen LogP) is 6.09. The van der Waals surface area contributed by atoms with Crippen molar-refractivity contribution in [3.63, 3.8) is 0 Å². The van der Waals surface area contributed by atoms with Crippen LogP contribution in [0.1, 0.15) is 30.5 Å². The molecule has 1 N–H and O–H groups in total. The lowest BCUT2D eigenvalue weighted by molar-refractivity contribution is 0.546. The van der Waals surface area contributed by atoms with Crippen molar-refractivity contribution in [3.8, 4) is 0 Å². The SMILES string of the molecule is CCCNC(c1cc(Br)ccc1Br)c1c(F)cccc1Cl. The third kappa shape index (κ3) is 4.07. The maximum absolute atomic E-state index is 14.3. The van der Waals surface area contributed by atoms with E-state index in [9.17, 15) is 4.39 Å². The Hall–Kier alpha value is -0.420. The predicted molar refractivity (Wildman–Crippen MR) is 93.4 cm³/mol. The van der Waals surface area contributed by atoms with Gasteiger partial charge in [-0.05, 0) is 48.9 Å². The minimum atomic E-state index is -0.303. The van der Waals surface area contributed by atoms with Gasteiger partial charge in [-0.15, -0.1) is 0 Å². The lowest BCUT2D eigenvalue weighted by Crippen LogP contribution is -2.25. The number of rotatable bonds is 5. The van der Waals surface area contributed by atoms with Crippen molar-refractivity contribution in [1.82, 2.24) is 5.32 Å². The maximum Gasteiger partial charge on any atom is 0.129 e. The summed E-state index contributed by atoms with van der Waals surface area (Å²) in [6.07, 6.45) is 0.953. The Bertz CT molecular complexity index is 613. The summed E-state index contributed by atoms with van der Waals surface area (Å²) in [7, 11) is 0. The lowest BCUT2D eigenvalue weighted by atomic mass is 9.98. The topological polar surface area (TPSA) is 12.0 Å². The Morgan fingerprint density at radius 2 is 2.00 bits per heavy atom. The molecule has 0 heterocycles. The highest BCUT2D eigenvalue weighted by atomic mass is 79.9. The second kappa shape index (κ2) is 7.73. The summed E-state index contributed by atoms with van der Waals surface area (Å²) in [5.41, 5.74) is 1.43. The van der Waals surface area contributed by atoms with Gasteiger partial charge in [0.15, 0.2) is 0 Å². The summed E-state index contributed by atoms with van der Waals surface area (Å²) in [4.78, 5) is 0. The number of hydrogen-bond acceptors (Lipinski definition) is 1. The van der Waals surface area contributed by atoms with Crippen LogP contribution in [0.4, 0.5) is 4.39 Å². The minimum Gasteiger partial charge on any atom is -0.306 e. The van der Waals surface area contributed by atoms with Crippen LogP contribution in [-0.2, 0) is 0 Å². The molecule has 0 aliphatic rings. The molecule has 0 saturated heterocycles. The summed E-state index contributed by atoms with van der Waals surface area (Å²) in [5, 5.41) is 3.80. The molecular formula is C16H15Br2ClFN. The first-order valence-corrected chi connectivity index (χ1v) is 8.63. The van der Waals surface area contributed by atoms with Crippen LogP contribution in [0.15, 0.2) is 45.3 Å². The molecule has 5 heteroatoms. The first kappa shape index (κ1) is 16.9. The second-order valence-electron chi connectivity index (χ2n) is 4.69. The molecule has 0 spiro atoms. The summed E-state index contributed by atoms with van der Waals surface area (Å²) in [6, 6.07) is 10.3. The molecular weight excluding hydrogens is 420 g/mol. The zero-order valence-electron chi connectivity index (χ0n) is 11.5. The summed E-state index contributed by atoms with van der Waals surface area (Å²) in [5.74, 6) is -0.303. The summed E-state index contributed by atoms with van der Waals surface area (Å²) in [6.45, 7) is 2.84. The normalized spacial score (nSPS) is 12.4. The summed E-state index contributed by atoms with van der Waals surface area (Å²) < 4.78 is 16.2. The van der Waals surface area contributed by atoms with Crippen molar-refractivity contribution in [2.24, 2.45) is 0 Å². The monoisotopic (exact) mass is 433 g/mol. The molecule has 2 rings (SSSR count). The molecule has 1 nitrogen and oxygen atoms in total. The number of hydrogen-bond donors (Lipinski definition) is 1. The van der Waals surface area contributed by atoms with Gasteiger partial charge in [0.25, 0.3) is 0 Å². The fraction of sp³-hybridized carbons (Fsp3) is 0.250. The third-order valence-corrected chi connectivity index (χ3v) is 4.70. The zero-order chi connectivity index (χ0) is 15.4. The van der Waals surface area contributed by atoms with Gasteiger partial charge in [0.2, 0.25) is 0 Å². The molecule has 0 aliphatic heterocycles. The molecule has 0 bridgehead atoms. The Morgan fingerprint density at radius 1 is 1.24 bits per heavy atom. The minimum absolute atomic E-state index is 0.300. The van der Waals surface area contributed by atoms with E-state index in [4.69, 9.17) is 11.6 Å². The van der Waals surface area contributed by atoms with E-state index in [0.29, 0.717) is 10.6 Å². The van der Waals surface area contributed by atoms with Crippen LogP contribution in [0.2, 0.25) is 5.02 Å². The van der Waals surface area contributed by atoms with E-state index in [1.54, 1.807) is 12.1 Å². The fourth-order valence-corrected chi connectivity index (χ4v) is 3.30. The molecule has 1 atom stereocenters. The van der Waals surface area contributed by atoms with E-state index >= 15 is 0 Å². The van der Waals surface area contributed by atoms with Gasteiger partial charge in [-0.2, -0.15) is 0 Å². The Balaban J connectivity index is 2.55. The molecule has 21 heavy (non-hydrogen) atoms. The molecule has 0 amide bonds. The molecule has 0 fully saturated rings. The lowest BCUT2D eigenvalue weighted by Gasteiger charge is -2.22. The van der Waals surface area contributed by atoms with Gasteiger partial charge < -0.3 is 5.32 Å². The van der Waals surface area contributed by atoms with Crippen LogP contribution in [0, 0.1) is 5.82 Å². The van der Waals surface area contributed by atoms with Crippen molar-refractivity contribution in [2.45, 2.75) is 19.4 Å². The van der Waals surface area contributed by atoms with Crippen molar-refractivity contribution in [2.75, 3.05) is 6.54 Å². The standard InChI is InChI=1S/C16H15Br2ClFN/c1-2-8-21-16(11-9-10(17)6-7-12(11)18)15-13(19)4-3-5-14(15)20/h3-7,9,16,21H,2,8H2,1H3. The number of nitrogens with one attached hydrogen (secondary N) is 1. The molecule has 0 saturated carbocycles. The van der Waals surface area contributed by atoms with Crippen molar-refractivity contribution in [1.29, 1.82) is 0 Å². The van der Waals surface area contributed by atoms with E-state index in [2.05, 4.69) is 44.1 Å². The highest BCUT2D eigenvalue weighted by Gasteiger charge is 2.22. The smallest absolute Gasteiger partial charge is 0.129 e. The van der Waals surface area contributed by atoms with Crippen molar-refractivity contribution >= 4 is 43.5 Å². The maximum atomic E-state index is 14.3. The van der Waals surface area contributed by atoms with Crippen LogP contribution >= 0.6 is 43.5 Å². The van der Waals surface area contributed by atoms with E-state index in [0.717, 1.165) is 27.5 Å². The Labute approximate surface area is 146 Å². The van der Waals surface area contributed by atoms with Gasteiger partial charge in [-0.1, -0.05) is 56.5 Å². The van der Waals surface area contributed by atoms with Crippen LogP contribution in [0.3, 0.4) is 0 Å². The van der Waals surface area contributed by atoms with Crippen molar-refractivity contribution in [3.05, 3.63) is 67.3 Å². The molecule has 2 aromatic carbocycles. The van der Waals surface area contributed by atoms with E-state index in [-0.39, 0.29) is 11.9 Å². The van der Waals surface area contributed by atoms with Gasteiger partial charge in [-0.25, -0.2) is 4.39 Å². The van der Waals surface area contributed by atoms with E-state index in [1.165, 1.54) is 6.07 Å². The Kier molecular flexibility index (Phi) is 6.23. The van der Waals surface area contributed by atoms with Gasteiger partial charge in [0.05, 0.1) is 6.04 Å². The van der Waals surface area contributed by atoms with Gasteiger partial charge in [-0.3, -0.25) is 0 Å². The molecule has 2 aromatic rings. The molecule has 1 unspecified atom stereocenters. The van der Waals surface area contributed by atoms with Crippen molar-refractivity contribution < 1.29 is 4.39 Å². The van der Waals surface area contributed by atoms with Gasteiger partial charge in [0, 0.05) is 19.5 Å². The average molecular weight is 436 g/mol. The number of benzene rings is 2. The molecule has 0 aliphatic carbocycles. The van der Waals surface area contributed by atoms with Crippen LogP contribution < -0.4 is 5.32 Å². The molecule has 0 aromatic heterocycles. The average Bonchev–Trinajstić information content (AvgIpc) is 2.45. The van der Waals surface area contributed by atoms with Gasteiger partial charge >= 0.3 is 0 Å². The highest BCUT2D eigenvalue weighted by Crippen LogP contribution is 2.35. The highest BCUT2D eigenvalue weighted by molar-refractivity contribution is 9.11. The van der Waals surface area contributed by atoms with Crippen LogP contribution in [-0.4, -0.2) is 6.54 Å². The van der Waals surface area contributed by atoms with Crippen LogP contribution in [0.5, 0.6) is 0 Å². The largest absolute Gasteiger partial charge is 0.306 e.